The molecular formula is C26H23ClF3N9O3. The molecule has 0 saturated carbocycles. The third-order valence-corrected chi connectivity index (χ3v) is 6.49. The number of para-hydroxylation sites is 1. The minimum absolute atomic E-state index is 0.0973. The first-order chi connectivity index (χ1) is 20.0. The molecule has 5 rings (SSSR count). The fraction of sp³-hybridized carbons (Fsp3) is 0.231. The summed E-state index contributed by atoms with van der Waals surface area (Å²) in [7, 11) is 0. The molecule has 3 heterocycles. The molecule has 218 valence electrons. The van der Waals surface area contributed by atoms with Gasteiger partial charge in [-0.15, -0.1) is 10.2 Å². The zero-order chi connectivity index (χ0) is 30.0. The van der Waals surface area contributed by atoms with E-state index in [1.807, 2.05) is 6.92 Å². The summed E-state index contributed by atoms with van der Waals surface area (Å²) < 4.78 is 44.0. The maximum Gasteiger partial charge on any atom is 0.416 e. The first kappa shape index (κ1) is 28.8. The van der Waals surface area contributed by atoms with Crippen molar-refractivity contribution < 1.29 is 23.1 Å². The third kappa shape index (κ3) is 5.96. The van der Waals surface area contributed by atoms with Crippen LogP contribution in [0.1, 0.15) is 23.1 Å². The van der Waals surface area contributed by atoms with Crippen molar-refractivity contribution in [1.82, 2.24) is 38.9 Å². The van der Waals surface area contributed by atoms with Gasteiger partial charge >= 0.3 is 11.9 Å². The van der Waals surface area contributed by atoms with E-state index >= 15 is 0 Å². The summed E-state index contributed by atoms with van der Waals surface area (Å²) in [4.78, 5) is 30.5. The second-order valence-electron chi connectivity index (χ2n) is 9.05. The second kappa shape index (κ2) is 11.6. The number of nitrogens with zero attached hydrogens (tertiary/aromatic N) is 8. The molecule has 0 radical (unpaired) electrons. The van der Waals surface area contributed by atoms with Crippen molar-refractivity contribution >= 4 is 23.3 Å². The lowest BCUT2D eigenvalue weighted by Gasteiger charge is -2.15. The van der Waals surface area contributed by atoms with E-state index in [2.05, 4.69) is 25.6 Å². The van der Waals surface area contributed by atoms with Crippen LogP contribution in [0.25, 0.3) is 17.1 Å². The van der Waals surface area contributed by atoms with Crippen LogP contribution in [-0.2, 0) is 19.6 Å². The van der Waals surface area contributed by atoms with E-state index < -0.39 is 30.4 Å². The van der Waals surface area contributed by atoms with E-state index in [-0.39, 0.29) is 23.8 Å². The topological polar surface area (TPSA) is 138 Å². The van der Waals surface area contributed by atoms with Crippen LogP contribution in [0.15, 0.2) is 71.9 Å². The summed E-state index contributed by atoms with van der Waals surface area (Å²) in [6, 6.07) is 14.3. The third-order valence-electron chi connectivity index (χ3n) is 6.24. The van der Waals surface area contributed by atoms with Gasteiger partial charge in [0.25, 0.3) is 5.91 Å². The molecule has 0 aliphatic carbocycles. The number of rotatable bonds is 9. The van der Waals surface area contributed by atoms with E-state index in [1.54, 1.807) is 41.2 Å². The summed E-state index contributed by atoms with van der Waals surface area (Å²) >= 11 is 5.93. The molecule has 5 aromatic rings. The van der Waals surface area contributed by atoms with Gasteiger partial charge in [0.1, 0.15) is 18.7 Å². The van der Waals surface area contributed by atoms with Gasteiger partial charge in [-0.05, 0) is 43.3 Å². The number of nitrogens with one attached hydrogen (secondary N) is 1. The molecule has 12 nitrogen and oxygen atoms in total. The molecule has 2 aromatic carbocycles. The monoisotopic (exact) mass is 601 g/mol. The highest BCUT2D eigenvalue weighted by Gasteiger charge is 2.39. The summed E-state index contributed by atoms with van der Waals surface area (Å²) in [5.41, 5.74) is 0.0779. The summed E-state index contributed by atoms with van der Waals surface area (Å²) in [5, 5.41) is 25.6. The van der Waals surface area contributed by atoms with Crippen molar-refractivity contribution in [2.24, 2.45) is 0 Å². The number of aryl methyl sites for hydroxylation is 1. The van der Waals surface area contributed by atoms with Crippen LogP contribution in [0.3, 0.4) is 0 Å². The van der Waals surface area contributed by atoms with Crippen molar-refractivity contribution in [2.75, 3.05) is 5.32 Å². The van der Waals surface area contributed by atoms with Gasteiger partial charge in [0.2, 0.25) is 0 Å². The van der Waals surface area contributed by atoms with Gasteiger partial charge < -0.3 is 10.4 Å². The smallest absolute Gasteiger partial charge is 0.382 e. The average molecular weight is 602 g/mol. The number of anilines is 1. The highest BCUT2D eigenvalue weighted by Crippen LogP contribution is 2.24. The van der Waals surface area contributed by atoms with Gasteiger partial charge in [-0.3, -0.25) is 9.36 Å². The normalized spacial score (nSPS) is 12.4. The number of hydrogen-bond donors (Lipinski definition) is 2. The molecular weight excluding hydrogens is 579 g/mol. The number of carbonyl (C=O) groups is 1. The first-order valence-electron chi connectivity index (χ1n) is 12.6. The minimum atomic E-state index is -4.95. The Kier molecular flexibility index (Phi) is 7.95. The number of halogens is 4. The van der Waals surface area contributed by atoms with Crippen molar-refractivity contribution in [3.05, 3.63) is 94.0 Å². The molecule has 42 heavy (non-hydrogen) atoms. The van der Waals surface area contributed by atoms with E-state index in [0.29, 0.717) is 28.6 Å². The summed E-state index contributed by atoms with van der Waals surface area (Å²) in [5.74, 6) is 0.0927. The molecule has 16 heteroatoms. The maximum absolute atomic E-state index is 13.2. The Bertz CT molecular complexity index is 1770. The molecule has 0 aliphatic rings. The number of benzene rings is 2. The number of carbonyl (C=O) groups excluding carboxylic acids is 1. The molecule has 2 N–H and O–H groups in total. The van der Waals surface area contributed by atoms with Crippen LogP contribution < -0.4 is 11.0 Å². The van der Waals surface area contributed by atoms with Gasteiger partial charge in [-0.2, -0.15) is 18.3 Å². The lowest BCUT2D eigenvalue weighted by molar-refractivity contribution is -0.207. The Balaban J connectivity index is 1.44. The summed E-state index contributed by atoms with van der Waals surface area (Å²) in [6.07, 6.45) is -4.84. The fourth-order valence-electron chi connectivity index (χ4n) is 4.16. The molecule has 1 atom stereocenters. The Hall–Kier alpha value is -4.76. The Labute approximate surface area is 240 Å². The molecule has 3 aromatic heterocycles. The molecule has 0 spiro atoms. The average Bonchev–Trinajstić information content (AvgIpc) is 3.69. The largest absolute Gasteiger partial charge is 0.416 e. The zero-order valence-corrected chi connectivity index (χ0v) is 22.7. The van der Waals surface area contributed by atoms with E-state index in [4.69, 9.17) is 11.6 Å². The standard InChI is InChI=1S/C26H23ClF3N9O3/c1-2-37-22(11-12-32-37)33-24(41)18-5-3-4-6-19(18)39-15-31-21(34-39)14-38-25(42)36(13-20(40)26(28,29)30)23(35-38)16-7-9-17(27)10-8-16/h3-12,15,20,40H,2,13-14H2,1H3,(H,33,41)/t20-/m0/s1. The second-order valence-corrected chi connectivity index (χ2v) is 9.48. The van der Waals surface area contributed by atoms with E-state index in [0.717, 1.165) is 9.25 Å². The maximum atomic E-state index is 13.2. The van der Waals surface area contributed by atoms with Crippen molar-refractivity contribution in [3.63, 3.8) is 0 Å². The van der Waals surface area contributed by atoms with Crippen LogP contribution in [-0.4, -0.2) is 62.2 Å². The molecule has 0 saturated heterocycles. The van der Waals surface area contributed by atoms with Gasteiger partial charge in [-0.1, -0.05) is 23.7 Å². The number of hydrogen-bond acceptors (Lipinski definition) is 7. The predicted octanol–water partition coefficient (Wildman–Crippen LogP) is 3.39. The van der Waals surface area contributed by atoms with Crippen LogP contribution >= 0.6 is 11.6 Å². The Morgan fingerprint density at radius 1 is 1.07 bits per heavy atom. The van der Waals surface area contributed by atoms with Crippen LogP contribution in [0.2, 0.25) is 5.02 Å². The number of aliphatic hydroxyl groups excluding tert-OH is 1. The predicted molar refractivity (Wildman–Crippen MR) is 145 cm³/mol. The van der Waals surface area contributed by atoms with Gasteiger partial charge in [0, 0.05) is 23.2 Å². The quantitative estimate of drug-likeness (QED) is 0.264. The van der Waals surface area contributed by atoms with Gasteiger partial charge in [0.05, 0.1) is 24.0 Å². The Morgan fingerprint density at radius 3 is 2.52 bits per heavy atom. The number of amides is 1. The SMILES string of the molecule is CCn1nccc1NC(=O)c1ccccc1-n1cnc(Cn2nc(-c3ccc(Cl)cc3)n(C[C@H](O)C(F)(F)F)c2=O)n1. The van der Waals surface area contributed by atoms with Crippen LogP contribution in [0, 0.1) is 0 Å². The number of alkyl halides is 3. The highest BCUT2D eigenvalue weighted by molar-refractivity contribution is 6.30. The van der Waals surface area contributed by atoms with Crippen molar-refractivity contribution in [2.45, 2.75) is 38.8 Å². The van der Waals surface area contributed by atoms with Gasteiger partial charge in [0.15, 0.2) is 17.8 Å². The van der Waals surface area contributed by atoms with E-state index in [9.17, 15) is 27.9 Å². The van der Waals surface area contributed by atoms with E-state index in [1.165, 1.54) is 35.3 Å². The van der Waals surface area contributed by atoms with Crippen LogP contribution in [0.5, 0.6) is 0 Å². The zero-order valence-electron chi connectivity index (χ0n) is 21.9. The lowest BCUT2D eigenvalue weighted by atomic mass is 10.1. The van der Waals surface area contributed by atoms with Crippen molar-refractivity contribution in [1.29, 1.82) is 0 Å². The molecule has 0 unspecified atom stereocenters. The van der Waals surface area contributed by atoms with Gasteiger partial charge in [-0.25, -0.2) is 23.8 Å². The highest BCUT2D eigenvalue weighted by atomic mass is 35.5. The molecule has 1 amide bonds. The molecule has 0 bridgehead atoms. The number of aromatic nitrogens is 8. The fourth-order valence-corrected chi connectivity index (χ4v) is 4.28. The summed E-state index contributed by atoms with van der Waals surface area (Å²) in [6.45, 7) is 1.08. The molecule has 0 fully saturated rings. The molecule has 0 aliphatic heterocycles. The van der Waals surface area contributed by atoms with Crippen molar-refractivity contribution in [3.8, 4) is 17.1 Å². The minimum Gasteiger partial charge on any atom is -0.382 e. The Morgan fingerprint density at radius 2 is 1.81 bits per heavy atom. The first-order valence-corrected chi connectivity index (χ1v) is 12.9. The van der Waals surface area contributed by atoms with Crippen LogP contribution in [0.4, 0.5) is 19.0 Å². The number of aliphatic hydroxyl groups is 1. The lowest BCUT2D eigenvalue weighted by Crippen LogP contribution is -2.37.